The van der Waals surface area contributed by atoms with Crippen LogP contribution in [-0.2, 0) is 9.59 Å². The van der Waals surface area contributed by atoms with E-state index in [1.807, 2.05) is 30.3 Å². The molecule has 1 saturated heterocycles. The Balaban J connectivity index is 1.52. The van der Waals surface area contributed by atoms with Gasteiger partial charge in [-0.3, -0.25) is 14.5 Å². The van der Waals surface area contributed by atoms with Crippen LogP contribution >= 0.6 is 11.8 Å². The van der Waals surface area contributed by atoms with E-state index in [1.54, 1.807) is 17.0 Å². The number of rotatable bonds is 5. The molecule has 0 radical (unpaired) electrons. The second-order valence-electron chi connectivity index (χ2n) is 7.22. The highest BCUT2D eigenvalue weighted by molar-refractivity contribution is 8.15. The van der Waals surface area contributed by atoms with E-state index in [0.29, 0.717) is 5.17 Å². The van der Waals surface area contributed by atoms with Crippen LogP contribution in [0, 0.1) is 5.82 Å². The first-order valence-electron chi connectivity index (χ1n) is 9.79. The summed E-state index contributed by atoms with van der Waals surface area (Å²) < 4.78 is 13.8. The first-order valence-corrected chi connectivity index (χ1v) is 10.7. The van der Waals surface area contributed by atoms with Crippen LogP contribution in [-0.4, -0.2) is 33.2 Å². The number of nitrogens with one attached hydrogen (secondary N) is 1. The van der Waals surface area contributed by atoms with Crippen LogP contribution in [0.4, 0.5) is 15.8 Å². The van der Waals surface area contributed by atoms with Crippen molar-refractivity contribution in [1.82, 2.24) is 4.90 Å². The molecule has 1 aliphatic carbocycles. The summed E-state index contributed by atoms with van der Waals surface area (Å²) in [7, 11) is 0. The minimum absolute atomic E-state index is 0.0190. The molecule has 0 bridgehead atoms. The second-order valence-corrected chi connectivity index (χ2v) is 8.38. The minimum Gasteiger partial charge on any atom is -0.324 e. The molecule has 0 unspecified atom stereocenters. The van der Waals surface area contributed by atoms with Crippen molar-refractivity contribution in [2.75, 3.05) is 5.32 Å². The predicted molar refractivity (Wildman–Crippen MR) is 114 cm³/mol. The van der Waals surface area contributed by atoms with Gasteiger partial charge in [0.2, 0.25) is 11.8 Å². The van der Waals surface area contributed by atoms with Gasteiger partial charge in [-0.1, -0.05) is 54.9 Å². The molecule has 29 heavy (non-hydrogen) atoms. The number of amides is 2. The normalized spacial score (nSPS) is 21.1. The third-order valence-corrected chi connectivity index (χ3v) is 6.31. The Hall–Kier alpha value is -2.67. The van der Waals surface area contributed by atoms with Crippen LogP contribution < -0.4 is 5.32 Å². The maximum absolute atomic E-state index is 13.8. The number of amidine groups is 1. The van der Waals surface area contributed by atoms with Crippen LogP contribution in [0.2, 0.25) is 0 Å². The van der Waals surface area contributed by atoms with Crippen molar-refractivity contribution in [3.8, 4) is 0 Å². The predicted octanol–water partition coefficient (Wildman–Crippen LogP) is 4.73. The van der Waals surface area contributed by atoms with Crippen molar-refractivity contribution in [3.05, 3.63) is 60.4 Å². The number of thioether (sulfide) groups is 1. The van der Waals surface area contributed by atoms with Gasteiger partial charge in [0.1, 0.15) is 11.1 Å². The highest BCUT2D eigenvalue weighted by Crippen LogP contribution is 2.37. The summed E-state index contributed by atoms with van der Waals surface area (Å²) in [5, 5.41) is 2.67. The minimum atomic E-state index is -0.551. The molecule has 150 valence electrons. The number of nitrogens with zero attached hydrogens (tertiary/aromatic N) is 2. The number of halogens is 1. The lowest BCUT2D eigenvalue weighted by atomic mass is 10.2. The van der Waals surface area contributed by atoms with E-state index in [2.05, 4.69) is 10.3 Å². The first-order chi connectivity index (χ1) is 14.1. The quantitative estimate of drug-likeness (QED) is 0.774. The van der Waals surface area contributed by atoms with E-state index in [4.69, 9.17) is 0 Å². The summed E-state index contributed by atoms with van der Waals surface area (Å²) in [5.41, 5.74) is 0.904. The molecule has 2 aromatic carbocycles. The number of benzene rings is 2. The van der Waals surface area contributed by atoms with Crippen LogP contribution in [0.5, 0.6) is 0 Å². The van der Waals surface area contributed by atoms with E-state index in [9.17, 15) is 14.0 Å². The fourth-order valence-corrected chi connectivity index (χ4v) is 4.95. The SMILES string of the molecule is O=C(C[C@@H]1SC(=Nc2ccccc2)N(C2CCCC2)C1=O)Nc1ccccc1F. The molecular formula is C22H22FN3O2S. The van der Waals surface area contributed by atoms with E-state index in [-0.39, 0.29) is 30.0 Å². The summed E-state index contributed by atoms with van der Waals surface area (Å²) in [6.07, 6.45) is 4.07. The summed E-state index contributed by atoms with van der Waals surface area (Å²) in [4.78, 5) is 32.0. The maximum Gasteiger partial charge on any atom is 0.242 e. The number of hydrogen-bond donors (Lipinski definition) is 1. The zero-order chi connectivity index (χ0) is 20.2. The number of aliphatic imine (C=N–C) groups is 1. The Morgan fingerprint density at radius 3 is 2.52 bits per heavy atom. The molecule has 1 atom stereocenters. The molecule has 0 aromatic heterocycles. The Morgan fingerprint density at radius 1 is 1.10 bits per heavy atom. The molecule has 1 saturated carbocycles. The lowest BCUT2D eigenvalue weighted by Crippen LogP contribution is -2.40. The Labute approximate surface area is 173 Å². The first kappa shape index (κ1) is 19.6. The number of para-hydroxylation sites is 2. The molecule has 2 aromatic rings. The van der Waals surface area contributed by atoms with Gasteiger partial charge in [0.05, 0.1) is 11.4 Å². The van der Waals surface area contributed by atoms with E-state index >= 15 is 0 Å². The van der Waals surface area contributed by atoms with Gasteiger partial charge < -0.3 is 5.32 Å². The van der Waals surface area contributed by atoms with Gasteiger partial charge >= 0.3 is 0 Å². The van der Waals surface area contributed by atoms with Gasteiger partial charge in [-0.15, -0.1) is 0 Å². The number of carbonyl (C=O) groups is 2. The van der Waals surface area contributed by atoms with Gasteiger partial charge in [-0.25, -0.2) is 9.38 Å². The molecule has 1 heterocycles. The van der Waals surface area contributed by atoms with Crippen LogP contribution in [0.25, 0.3) is 0 Å². The maximum atomic E-state index is 13.8. The van der Waals surface area contributed by atoms with Crippen molar-refractivity contribution in [2.45, 2.75) is 43.4 Å². The van der Waals surface area contributed by atoms with Gasteiger partial charge in [-0.05, 0) is 37.1 Å². The van der Waals surface area contributed by atoms with Crippen molar-refractivity contribution in [1.29, 1.82) is 0 Å². The molecule has 1 N–H and O–H groups in total. The number of anilines is 1. The van der Waals surface area contributed by atoms with Crippen molar-refractivity contribution >= 4 is 40.1 Å². The zero-order valence-electron chi connectivity index (χ0n) is 15.9. The van der Waals surface area contributed by atoms with Gasteiger partial charge in [0, 0.05) is 12.5 Å². The highest BCUT2D eigenvalue weighted by Gasteiger charge is 2.43. The van der Waals surface area contributed by atoms with E-state index < -0.39 is 11.1 Å². The smallest absolute Gasteiger partial charge is 0.242 e. The average Bonchev–Trinajstić information content (AvgIpc) is 3.33. The standard InChI is InChI=1S/C22H22FN3O2S/c23-17-12-6-7-13-18(17)25-20(27)14-19-21(28)26(16-10-4-5-11-16)22(29-19)24-15-8-2-1-3-9-15/h1-3,6-9,12-13,16,19H,4-5,10-11,14H2,(H,25,27)/t19-/m0/s1. The lowest BCUT2D eigenvalue weighted by molar-refractivity contribution is -0.129. The van der Waals surface area contributed by atoms with Crippen molar-refractivity contribution < 1.29 is 14.0 Å². The lowest BCUT2D eigenvalue weighted by Gasteiger charge is -2.23. The molecule has 5 nitrogen and oxygen atoms in total. The second kappa shape index (κ2) is 8.78. The topological polar surface area (TPSA) is 61.8 Å². The summed E-state index contributed by atoms with van der Waals surface area (Å²) in [5.74, 6) is -0.960. The summed E-state index contributed by atoms with van der Waals surface area (Å²) in [6, 6.07) is 15.7. The fraction of sp³-hybridized carbons (Fsp3) is 0.318. The monoisotopic (exact) mass is 411 g/mol. The Kier molecular flexibility index (Phi) is 5.94. The van der Waals surface area contributed by atoms with Gasteiger partial charge in [0.15, 0.2) is 5.17 Å². The third-order valence-electron chi connectivity index (χ3n) is 5.16. The van der Waals surface area contributed by atoms with Crippen molar-refractivity contribution in [2.24, 2.45) is 4.99 Å². The molecular weight excluding hydrogens is 389 g/mol. The molecule has 7 heteroatoms. The van der Waals surface area contributed by atoms with E-state index in [0.717, 1.165) is 31.4 Å². The highest BCUT2D eigenvalue weighted by atomic mass is 32.2. The summed E-state index contributed by atoms with van der Waals surface area (Å²) in [6.45, 7) is 0. The fourth-order valence-electron chi connectivity index (χ4n) is 3.74. The largest absolute Gasteiger partial charge is 0.324 e. The Morgan fingerprint density at radius 2 is 1.79 bits per heavy atom. The molecule has 2 amide bonds. The third kappa shape index (κ3) is 4.50. The van der Waals surface area contributed by atoms with E-state index in [1.165, 1.54) is 23.9 Å². The van der Waals surface area contributed by atoms with Gasteiger partial charge in [0.25, 0.3) is 0 Å². The molecule has 2 fully saturated rings. The zero-order valence-corrected chi connectivity index (χ0v) is 16.7. The van der Waals surface area contributed by atoms with Gasteiger partial charge in [-0.2, -0.15) is 0 Å². The molecule has 1 aliphatic heterocycles. The average molecular weight is 412 g/mol. The number of carbonyl (C=O) groups excluding carboxylic acids is 2. The van der Waals surface area contributed by atoms with Crippen LogP contribution in [0.1, 0.15) is 32.1 Å². The number of hydrogen-bond acceptors (Lipinski definition) is 4. The molecule has 4 rings (SSSR count). The van der Waals surface area contributed by atoms with Crippen molar-refractivity contribution in [3.63, 3.8) is 0 Å². The van der Waals surface area contributed by atoms with Crippen LogP contribution in [0.3, 0.4) is 0 Å². The molecule has 0 spiro atoms. The molecule has 2 aliphatic rings. The summed E-state index contributed by atoms with van der Waals surface area (Å²) >= 11 is 1.32. The van der Waals surface area contributed by atoms with Crippen LogP contribution in [0.15, 0.2) is 59.6 Å². The Bertz CT molecular complexity index is 929.